The third-order valence-electron chi connectivity index (χ3n) is 3.38. The van der Waals surface area contributed by atoms with Crippen LogP contribution in [0.15, 0.2) is 18.2 Å². The molecule has 1 aliphatic rings. The number of hydrogen-bond donors (Lipinski definition) is 1. The number of rotatable bonds is 6. The number of nitrogens with one attached hydrogen (secondary N) is 1. The second-order valence-electron chi connectivity index (χ2n) is 5.16. The summed E-state index contributed by atoms with van der Waals surface area (Å²) in [6.45, 7) is 3.03. The van der Waals surface area contributed by atoms with Gasteiger partial charge in [0.25, 0.3) is 0 Å². The van der Waals surface area contributed by atoms with Crippen LogP contribution < -0.4 is 10.1 Å². The predicted octanol–water partition coefficient (Wildman–Crippen LogP) is 2.64. The molecule has 0 atom stereocenters. The molecule has 0 aromatic carbocycles. The molecule has 0 spiro atoms. The molecule has 6 heteroatoms. The summed E-state index contributed by atoms with van der Waals surface area (Å²) in [6.07, 6.45) is 3.47. The van der Waals surface area contributed by atoms with E-state index in [0.29, 0.717) is 23.3 Å². The third-order valence-corrected chi connectivity index (χ3v) is 3.38. The molecule has 3 rings (SSSR count). The van der Waals surface area contributed by atoms with E-state index in [-0.39, 0.29) is 0 Å². The lowest BCUT2D eigenvalue weighted by Crippen LogP contribution is -2.06. The lowest BCUT2D eigenvalue weighted by atomic mass is 10.2. The van der Waals surface area contributed by atoms with Crippen LogP contribution in [0.4, 0.5) is 5.82 Å². The quantitative estimate of drug-likeness (QED) is 0.879. The first-order chi connectivity index (χ1) is 10.3. The lowest BCUT2D eigenvalue weighted by Gasteiger charge is -2.08. The van der Waals surface area contributed by atoms with Crippen LogP contribution in [0.1, 0.15) is 37.8 Å². The molecule has 21 heavy (non-hydrogen) atoms. The molecule has 0 saturated heterocycles. The largest absolute Gasteiger partial charge is 0.480 e. The van der Waals surface area contributed by atoms with Crippen molar-refractivity contribution in [1.82, 2.24) is 20.2 Å². The molecule has 2 aromatic rings. The van der Waals surface area contributed by atoms with Gasteiger partial charge in [-0.2, -0.15) is 0 Å². The first kappa shape index (κ1) is 13.7. The van der Waals surface area contributed by atoms with Crippen molar-refractivity contribution in [2.75, 3.05) is 19.0 Å². The van der Waals surface area contributed by atoms with E-state index in [4.69, 9.17) is 4.74 Å². The molecule has 0 aliphatic heterocycles. The highest BCUT2D eigenvalue weighted by atomic mass is 16.5. The van der Waals surface area contributed by atoms with Crippen LogP contribution in [0, 0.1) is 0 Å². The molecule has 110 valence electrons. The van der Waals surface area contributed by atoms with Crippen molar-refractivity contribution in [2.45, 2.75) is 32.1 Å². The van der Waals surface area contributed by atoms with E-state index >= 15 is 0 Å². The van der Waals surface area contributed by atoms with E-state index in [1.165, 1.54) is 12.8 Å². The SMILES string of the molecule is CCCNc1cc(C2CC2)nc(-c2ccc(OC)nn2)n1. The normalized spacial score (nSPS) is 14.0. The highest BCUT2D eigenvalue weighted by Crippen LogP contribution is 2.40. The molecule has 0 bridgehead atoms. The van der Waals surface area contributed by atoms with Gasteiger partial charge in [-0.15, -0.1) is 10.2 Å². The summed E-state index contributed by atoms with van der Waals surface area (Å²) in [5, 5.41) is 11.4. The van der Waals surface area contributed by atoms with E-state index in [2.05, 4.69) is 32.4 Å². The molecule has 1 saturated carbocycles. The Morgan fingerprint density at radius 2 is 2.10 bits per heavy atom. The molecule has 1 fully saturated rings. The average molecular weight is 285 g/mol. The fourth-order valence-electron chi connectivity index (χ4n) is 2.06. The fraction of sp³-hybridized carbons (Fsp3) is 0.467. The van der Waals surface area contributed by atoms with Crippen LogP contribution in [0.25, 0.3) is 11.5 Å². The van der Waals surface area contributed by atoms with Crippen molar-refractivity contribution in [2.24, 2.45) is 0 Å². The van der Waals surface area contributed by atoms with Crippen LogP contribution in [0.3, 0.4) is 0 Å². The van der Waals surface area contributed by atoms with Gasteiger partial charge in [-0.05, 0) is 25.3 Å². The van der Waals surface area contributed by atoms with Crippen LogP contribution >= 0.6 is 0 Å². The molecule has 6 nitrogen and oxygen atoms in total. The Balaban J connectivity index is 1.93. The molecular formula is C15H19N5O. The minimum atomic E-state index is 0.487. The summed E-state index contributed by atoms with van der Waals surface area (Å²) in [6, 6.07) is 5.66. The van der Waals surface area contributed by atoms with Gasteiger partial charge in [0, 0.05) is 30.3 Å². The maximum Gasteiger partial charge on any atom is 0.233 e. The van der Waals surface area contributed by atoms with Gasteiger partial charge in [-0.25, -0.2) is 9.97 Å². The van der Waals surface area contributed by atoms with Gasteiger partial charge < -0.3 is 10.1 Å². The number of nitrogens with zero attached hydrogens (tertiary/aromatic N) is 4. The van der Waals surface area contributed by atoms with E-state index in [1.54, 1.807) is 13.2 Å². The summed E-state index contributed by atoms with van der Waals surface area (Å²) >= 11 is 0. The summed E-state index contributed by atoms with van der Waals surface area (Å²) < 4.78 is 5.03. The maximum absolute atomic E-state index is 5.03. The minimum absolute atomic E-state index is 0.487. The van der Waals surface area contributed by atoms with Crippen molar-refractivity contribution in [3.63, 3.8) is 0 Å². The zero-order valence-corrected chi connectivity index (χ0v) is 12.3. The van der Waals surface area contributed by atoms with Crippen LogP contribution in [-0.2, 0) is 0 Å². The van der Waals surface area contributed by atoms with Gasteiger partial charge >= 0.3 is 0 Å². The van der Waals surface area contributed by atoms with Gasteiger partial charge in [0.1, 0.15) is 11.5 Å². The van der Waals surface area contributed by atoms with Gasteiger partial charge in [0.2, 0.25) is 5.88 Å². The molecule has 1 aliphatic carbocycles. The van der Waals surface area contributed by atoms with Gasteiger partial charge in [0.15, 0.2) is 5.82 Å². The Kier molecular flexibility index (Phi) is 3.94. The first-order valence-electron chi connectivity index (χ1n) is 7.31. The average Bonchev–Trinajstić information content (AvgIpc) is 3.37. The molecule has 1 N–H and O–H groups in total. The Morgan fingerprint density at radius 3 is 2.71 bits per heavy atom. The summed E-state index contributed by atoms with van der Waals surface area (Å²) in [5.74, 6) is 2.54. The third kappa shape index (κ3) is 3.26. The molecule has 2 heterocycles. The standard InChI is InChI=1S/C15H19N5O/c1-3-8-16-13-9-12(10-4-5-10)17-15(18-13)11-6-7-14(21-2)20-19-11/h6-7,9-10H,3-5,8H2,1-2H3,(H,16,17,18). The Labute approximate surface area is 124 Å². The smallest absolute Gasteiger partial charge is 0.233 e. The van der Waals surface area contributed by atoms with Crippen LogP contribution in [0.5, 0.6) is 5.88 Å². The monoisotopic (exact) mass is 285 g/mol. The van der Waals surface area contributed by atoms with Crippen LogP contribution in [0.2, 0.25) is 0 Å². The highest BCUT2D eigenvalue weighted by Gasteiger charge is 2.26. The Bertz CT molecular complexity index is 610. The van der Waals surface area contributed by atoms with E-state index in [1.807, 2.05) is 12.1 Å². The molecule has 0 radical (unpaired) electrons. The Hall–Kier alpha value is -2.24. The summed E-state index contributed by atoms with van der Waals surface area (Å²) in [5.41, 5.74) is 1.76. The minimum Gasteiger partial charge on any atom is -0.480 e. The fourth-order valence-corrected chi connectivity index (χ4v) is 2.06. The van der Waals surface area contributed by atoms with E-state index < -0.39 is 0 Å². The number of hydrogen-bond acceptors (Lipinski definition) is 6. The topological polar surface area (TPSA) is 72.8 Å². The second-order valence-corrected chi connectivity index (χ2v) is 5.16. The molecular weight excluding hydrogens is 266 g/mol. The van der Waals surface area contributed by atoms with Gasteiger partial charge in [0.05, 0.1) is 7.11 Å². The van der Waals surface area contributed by atoms with E-state index in [0.717, 1.165) is 24.5 Å². The molecule has 0 unspecified atom stereocenters. The zero-order valence-electron chi connectivity index (χ0n) is 12.3. The number of anilines is 1. The predicted molar refractivity (Wildman–Crippen MR) is 80.4 cm³/mol. The van der Waals surface area contributed by atoms with Crippen molar-refractivity contribution in [1.29, 1.82) is 0 Å². The van der Waals surface area contributed by atoms with Crippen molar-refractivity contribution in [3.05, 3.63) is 23.9 Å². The molecule has 2 aromatic heterocycles. The second kappa shape index (κ2) is 6.03. The van der Waals surface area contributed by atoms with Crippen molar-refractivity contribution in [3.8, 4) is 17.4 Å². The van der Waals surface area contributed by atoms with Crippen LogP contribution in [-0.4, -0.2) is 33.8 Å². The number of methoxy groups -OCH3 is 1. The zero-order chi connectivity index (χ0) is 14.7. The first-order valence-corrected chi connectivity index (χ1v) is 7.31. The van der Waals surface area contributed by atoms with Gasteiger partial charge in [-0.3, -0.25) is 0 Å². The van der Waals surface area contributed by atoms with E-state index in [9.17, 15) is 0 Å². The summed E-state index contributed by atoms with van der Waals surface area (Å²) in [7, 11) is 1.57. The number of aromatic nitrogens is 4. The highest BCUT2D eigenvalue weighted by molar-refractivity contribution is 5.53. The maximum atomic E-state index is 5.03. The lowest BCUT2D eigenvalue weighted by molar-refractivity contribution is 0.392. The van der Waals surface area contributed by atoms with Gasteiger partial charge in [-0.1, -0.05) is 6.92 Å². The van der Waals surface area contributed by atoms with Crippen molar-refractivity contribution >= 4 is 5.82 Å². The summed E-state index contributed by atoms with van der Waals surface area (Å²) in [4.78, 5) is 9.18. The van der Waals surface area contributed by atoms with Crippen molar-refractivity contribution < 1.29 is 4.74 Å². The number of ether oxygens (including phenoxy) is 1. The Morgan fingerprint density at radius 1 is 1.24 bits per heavy atom. The molecule has 0 amide bonds.